The second-order valence-corrected chi connectivity index (χ2v) is 5.27. The van der Waals surface area contributed by atoms with Crippen molar-refractivity contribution in [3.8, 4) is 0 Å². The zero-order valence-electron chi connectivity index (χ0n) is 12.5. The summed E-state index contributed by atoms with van der Waals surface area (Å²) in [7, 11) is 0. The second-order valence-electron chi connectivity index (χ2n) is 5.27. The van der Waals surface area contributed by atoms with Gasteiger partial charge in [0.25, 0.3) is 0 Å². The van der Waals surface area contributed by atoms with Gasteiger partial charge in [-0.3, -0.25) is 14.2 Å². The maximum atomic E-state index is 12.3. The number of anilines is 1. The smallest absolute Gasteiger partial charge is 0.323 e. The molecule has 3 rings (SSSR count). The van der Waals surface area contributed by atoms with Gasteiger partial charge in [0.05, 0.1) is 30.1 Å². The van der Waals surface area contributed by atoms with Crippen molar-refractivity contribution < 1.29 is 18.0 Å². The van der Waals surface area contributed by atoms with Crippen LogP contribution in [0.1, 0.15) is 6.42 Å². The van der Waals surface area contributed by atoms with Gasteiger partial charge in [0.2, 0.25) is 5.91 Å². The summed E-state index contributed by atoms with van der Waals surface area (Å²) in [6.45, 7) is -0.821. The molecule has 0 bridgehead atoms. The number of carbonyl (C=O) groups excluding carboxylic acids is 1. The molecule has 0 saturated carbocycles. The van der Waals surface area contributed by atoms with Gasteiger partial charge in [0, 0.05) is 18.0 Å². The number of nitrogens with zero attached hydrogens (tertiary/aromatic N) is 4. The summed E-state index contributed by atoms with van der Waals surface area (Å²) in [4.78, 5) is 11.9. The molecule has 0 unspecified atom stereocenters. The topological polar surface area (TPSA) is 64.7 Å². The van der Waals surface area contributed by atoms with E-state index in [0.717, 1.165) is 21.8 Å². The first kappa shape index (κ1) is 16.0. The Kier molecular flexibility index (Phi) is 4.24. The molecule has 0 atom stereocenters. The van der Waals surface area contributed by atoms with Crippen LogP contribution in [0.3, 0.4) is 0 Å². The third kappa shape index (κ3) is 3.92. The third-order valence-electron chi connectivity index (χ3n) is 3.36. The highest BCUT2D eigenvalue weighted by atomic mass is 19.4. The van der Waals surface area contributed by atoms with E-state index >= 15 is 0 Å². The number of para-hydroxylation sites is 1. The number of alkyl halides is 3. The lowest BCUT2D eigenvalue weighted by atomic mass is 10.2. The van der Waals surface area contributed by atoms with E-state index in [1.54, 1.807) is 10.9 Å². The number of amides is 1. The number of fused-ring (bicyclic) bond motifs is 1. The van der Waals surface area contributed by atoms with E-state index in [4.69, 9.17) is 0 Å². The summed E-state index contributed by atoms with van der Waals surface area (Å²) in [6.07, 6.45) is -0.152. The molecule has 126 valence electrons. The van der Waals surface area contributed by atoms with E-state index in [1.165, 1.54) is 6.20 Å². The molecular weight excluding hydrogens is 323 g/mol. The molecule has 2 aromatic heterocycles. The van der Waals surface area contributed by atoms with Crippen LogP contribution in [0.5, 0.6) is 0 Å². The molecule has 24 heavy (non-hydrogen) atoms. The Morgan fingerprint density at radius 2 is 1.96 bits per heavy atom. The van der Waals surface area contributed by atoms with Gasteiger partial charge in [0.15, 0.2) is 0 Å². The SMILES string of the molecule is O=C(CCn1ncc2ccccc21)Nc1cnn(CC(F)(F)F)c1. The van der Waals surface area contributed by atoms with Gasteiger partial charge in [-0.1, -0.05) is 18.2 Å². The van der Waals surface area contributed by atoms with Gasteiger partial charge in [-0.05, 0) is 6.07 Å². The molecule has 0 saturated heterocycles. The monoisotopic (exact) mass is 337 g/mol. The summed E-state index contributed by atoms with van der Waals surface area (Å²) in [5.41, 5.74) is 1.15. The maximum absolute atomic E-state index is 12.3. The van der Waals surface area contributed by atoms with Gasteiger partial charge in [0.1, 0.15) is 6.54 Å². The molecule has 0 aliphatic carbocycles. The van der Waals surface area contributed by atoms with Crippen molar-refractivity contribution in [2.24, 2.45) is 0 Å². The van der Waals surface area contributed by atoms with E-state index in [0.29, 0.717) is 6.54 Å². The number of rotatable bonds is 5. The fraction of sp³-hybridized carbons (Fsp3) is 0.267. The van der Waals surface area contributed by atoms with Crippen LogP contribution in [0.15, 0.2) is 42.9 Å². The molecule has 0 spiro atoms. The average molecular weight is 337 g/mol. The number of nitrogens with one attached hydrogen (secondary N) is 1. The number of carbonyl (C=O) groups is 1. The molecule has 0 aliphatic rings. The summed E-state index contributed by atoms with van der Waals surface area (Å²) >= 11 is 0. The van der Waals surface area contributed by atoms with Crippen LogP contribution < -0.4 is 5.32 Å². The minimum atomic E-state index is -4.35. The van der Waals surface area contributed by atoms with E-state index < -0.39 is 12.7 Å². The fourth-order valence-electron chi connectivity index (χ4n) is 2.33. The highest BCUT2D eigenvalue weighted by molar-refractivity contribution is 5.90. The summed E-state index contributed by atoms with van der Waals surface area (Å²) < 4.78 is 39.2. The summed E-state index contributed by atoms with van der Waals surface area (Å²) in [5, 5.41) is 11.3. The molecule has 9 heteroatoms. The van der Waals surface area contributed by atoms with Crippen molar-refractivity contribution >= 4 is 22.5 Å². The largest absolute Gasteiger partial charge is 0.408 e. The van der Waals surface area contributed by atoms with Crippen molar-refractivity contribution in [1.29, 1.82) is 0 Å². The van der Waals surface area contributed by atoms with E-state index in [9.17, 15) is 18.0 Å². The lowest BCUT2D eigenvalue weighted by Crippen LogP contribution is -2.18. The second kappa shape index (κ2) is 6.34. The van der Waals surface area contributed by atoms with Gasteiger partial charge >= 0.3 is 6.18 Å². The Hall–Kier alpha value is -2.84. The van der Waals surface area contributed by atoms with Gasteiger partial charge in [-0.2, -0.15) is 23.4 Å². The molecule has 0 fully saturated rings. The van der Waals surface area contributed by atoms with Crippen LogP contribution in [0, 0.1) is 0 Å². The fourth-order valence-corrected chi connectivity index (χ4v) is 2.33. The number of hydrogen-bond donors (Lipinski definition) is 1. The van der Waals surface area contributed by atoms with E-state index in [2.05, 4.69) is 15.5 Å². The van der Waals surface area contributed by atoms with E-state index in [-0.39, 0.29) is 18.0 Å². The van der Waals surface area contributed by atoms with Crippen molar-refractivity contribution in [3.63, 3.8) is 0 Å². The molecule has 3 aromatic rings. The Morgan fingerprint density at radius 1 is 1.17 bits per heavy atom. The Morgan fingerprint density at radius 3 is 2.75 bits per heavy atom. The van der Waals surface area contributed by atoms with Crippen LogP contribution in [0.4, 0.5) is 18.9 Å². The lowest BCUT2D eigenvalue weighted by Gasteiger charge is -2.06. The van der Waals surface area contributed by atoms with Crippen LogP contribution in [0.2, 0.25) is 0 Å². The van der Waals surface area contributed by atoms with Crippen LogP contribution in [-0.4, -0.2) is 31.6 Å². The molecule has 1 N–H and O–H groups in total. The number of aromatic nitrogens is 4. The predicted molar refractivity (Wildman–Crippen MR) is 81.3 cm³/mol. The van der Waals surface area contributed by atoms with Crippen molar-refractivity contribution in [3.05, 3.63) is 42.9 Å². The first-order valence-corrected chi connectivity index (χ1v) is 7.20. The van der Waals surface area contributed by atoms with Gasteiger partial charge in [-0.25, -0.2) is 0 Å². The quantitative estimate of drug-likeness (QED) is 0.779. The minimum Gasteiger partial charge on any atom is -0.323 e. The zero-order valence-corrected chi connectivity index (χ0v) is 12.5. The highest BCUT2D eigenvalue weighted by Crippen LogP contribution is 2.18. The van der Waals surface area contributed by atoms with Gasteiger partial charge in [-0.15, -0.1) is 0 Å². The minimum absolute atomic E-state index is 0.149. The van der Waals surface area contributed by atoms with Crippen LogP contribution >= 0.6 is 0 Å². The van der Waals surface area contributed by atoms with Crippen molar-refractivity contribution in [2.75, 3.05) is 5.32 Å². The average Bonchev–Trinajstić information content (AvgIpc) is 3.10. The first-order valence-electron chi connectivity index (χ1n) is 7.20. The predicted octanol–water partition coefficient (Wildman–Crippen LogP) is 2.82. The molecule has 2 heterocycles. The molecule has 0 aliphatic heterocycles. The number of aryl methyl sites for hydroxylation is 1. The highest BCUT2D eigenvalue weighted by Gasteiger charge is 2.28. The standard InChI is InChI=1S/C15H14F3N5O/c16-15(17,18)10-22-9-12(8-19-22)21-14(24)5-6-23-13-4-2-1-3-11(13)7-20-23/h1-4,7-9H,5-6,10H2,(H,21,24). The van der Waals surface area contributed by atoms with Crippen molar-refractivity contribution in [1.82, 2.24) is 19.6 Å². The number of hydrogen-bond acceptors (Lipinski definition) is 3. The van der Waals surface area contributed by atoms with Crippen LogP contribution in [0.25, 0.3) is 10.9 Å². The Labute approximate surface area is 134 Å². The lowest BCUT2D eigenvalue weighted by molar-refractivity contribution is -0.142. The van der Waals surface area contributed by atoms with Gasteiger partial charge < -0.3 is 5.32 Å². The number of halogens is 3. The Bertz CT molecular complexity index is 852. The molecule has 1 amide bonds. The molecular formula is C15H14F3N5O. The summed E-state index contributed by atoms with van der Waals surface area (Å²) in [5.74, 6) is -0.318. The Balaban J connectivity index is 1.56. The number of benzene rings is 1. The molecule has 6 nitrogen and oxygen atoms in total. The normalized spacial score (nSPS) is 11.8. The molecule has 0 radical (unpaired) electrons. The van der Waals surface area contributed by atoms with Crippen molar-refractivity contribution in [2.45, 2.75) is 25.7 Å². The first-order chi connectivity index (χ1) is 11.4. The third-order valence-corrected chi connectivity index (χ3v) is 3.36. The maximum Gasteiger partial charge on any atom is 0.408 e. The summed E-state index contributed by atoms with van der Waals surface area (Å²) in [6, 6.07) is 7.62. The van der Waals surface area contributed by atoms with E-state index in [1.807, 2.05) is 24.3 Å². The zero-order chi connectivity index (χ0) is 17.2. The molecule has 1 aromatic carbocycles. The van der Waals surface area contributed by atoms with Crippen LogP contribution in [-0.2, 0) is 17.9 Å².